The molecule has 0 unspecified atom stereocenters. The maximum atomic E-state index is 12.0. The van der Waals surface area contributed by atoms with E-state index in [9.17, 15) is 4.79 Å². The van der Waals surface area contributed by atoms with E-state index in [0.717, 1.165) is 25.0 Å². The summed E-state index contributed by atoms with van der Waals surface area (Å²) in [5, 5.41) is 6.89. The van der Waals surface area contributed by atoms with Gasteiger partial charge in [-0.15, -0.1) is 0 Å². The van der Waals surface area contributed by atoms with Gasteiger partial charge >= 0.3 is 0 Å². The van der Waals surface area contributed by atoms with Crippen LogP contribution in [0.5, 0.6) is 0 Å². The van der Waals surface area contributed by atoms with E-state index in [4.69, 9.17) is 4.52 Å². The summed E-state index contributed by atoms with van der Waals surface area (Å²) >= 11 is 0. The van der Waals surface area contributed by atoms with E-state index in [1.165, 1.54) is 19.3 Å². The molecular formula is C14H22N2O2. The number of nitrogens with one attached hydrogen (secondary N) is 1. The lowest BCUT2D eigenvalue weighted by Crippen LogP contribution is -2.36. The molecule has 0 spiro atoms. The Labute approximate surface area is 108 Å². The van der Waals surface area contributed by atoms with Gasteiger partial charge < -0.3 is 9.84 Å². The van der Waals surface area contributed by atoms with Crippen molar-refractivity contribution in [2.45, 2.75) is 58.4 Å². The molecule has 1 heterocycles. The molecule has 100 valence electrons. The van der Waals surface area contributed by atoms with Gasteiger partial charge in [0.15, 0.2) is 5.69 Å². The molecule has 1 aliphatic carbocycles. The number of carbonyl (C=O) groups excluding carboxylic acids is 1. The van der Waals surface area contributed by atoms with E-state index in [1.54, 1.807) is 6.07 Å². The Hall–Kier alpha value is -1.32. The van der Waals surface area contributed by atoms with Crippen molar-refractivity contribution in [2.75, 3.05) is 0 Å². The lowest BCUT2D eigenvalue weighted by Gasteiger charge is -2.22. The van der Waals surface area contributed by atoms with Crippen molar-refractivity contribution in [2.24, 2.45) is 5.92 Å². The van der Waals surface area contributed by atoms with E-state index in [-0.39, 0.29) is 5.91 Å². The predicted octanol–water partition coefficient (Wildman–Crippen LogP) is 2.94. The van der Waals surface area contributed by atoms with Crippen molar-refractivity contribution in [1.29, 1.82) is 0 Å². The minimum absolute atomic E-state index is 0.0966. The molecule has 1 aromatic rings. The van der Waals surface area contributed by atoms with Crippen molar-refractivity contribution in [3.63, 3.8) is 0 Å². The zero-order valence-corrected chi connectivity index (χ0v) is 11.2. The van der Waals surface area contributed by atoms with Crippen LogP contribution >= 0.6 is 0 Å². The van der Waals surface area contributed by atoms with Crippen LogP contribution in [0.1, 0.15) is 62.2 Å². The Balaban J connectivity index is 1.89. The Bertz CT molecular complexity index is 392. The Morgan fingerprint density at radius 1 is 1.44 bits per heavy atom. The minimum atomic E-state index is -0.0966. The topological polar surface area (TPSA) is 55.1 Å². The summed E-state index contributed by atoms with van der Waals surface area (Å²) in [4.78, 5) is 12.0. The van der Waals surface area contributed by atoms with Gasteiger partial charge in [-0.05, 0) is 18.8 Å². The number of aromatic nitrogens is 1. The van der Waals surface area contributed by atoms with Crippen molar-refractivity contribution < 1.29 is 9.32 Å². The summed E-state index contributed by atoms with van der Waals surface area (Å²) in [6.07, 6.45) is 6.70. The highest BCUT2D eigenvalue weighted by molar-refractivity contribution is 5.92. The molecule has 1 amide bonds. The maximum Gasteiger partial charge on any atom is 0.273 e. The molecule has 2 rings (SSSR count). The van der Waals surface area contributed by atoms with E-state index in [2.05, 4.69) is 24.3 Å². The molecule has 4 heteroatoms. The van der Waals surface area contributed by atoms with Crippen LogP contribution in [0, 0.1) is 5.92 Å². The van der Waals surface area contributed by atoms with Crippen LogP contribution in [0.4, 0.5) is 0 Å². The van der Waals surface area contributed by atoms with E-state index >= 15 is 0 Å². The van der Waals surface area contributed by atoms with Crippen LogP contribution < -0.4 is 5.32 Å². The molecule has 1 saturated carbocycles. The minimum Gasteiger partial charge on any atom is -0.361 e. The Morgan fingerprint density at radius 3 is 2.83 bits per heavy atom. The first-order chi connectivity index (χ1) is 8.65. The van der Waals surface area contributed by atoms with Gasteiger partial charge in [0.05, 0.1) is 0 Å². The van der Waals surface area contributed by atoms with Crippen molar-refractivity contribution in [3.8, 4) is 0 Å². The van der Waals surface area contributed by atoms with E-state index < -0.39 is 0 Å². The van der Waals surface area contributed by atoms with Gasteiger partial charge in [0, 0.05) is 18.5 Å². The van der Waals surface area contributed by atoms with Gasteiger partial charge in [-0.1, -0.05) is 38.3 Å². The summed E-state index contributed by atoms with van der Waals surface area (Å²) in [7, 11) is 0. The second-order valence-electron chi connectivity index (χ2n) is 5.58. The highest BCUT2D eigenvalue weighted by Gasteiger charge is 2.19. The molecule has 0 radical (unpaired) electrons. The van der Waals surface area contributed by atoms with Crippen LogP contribution in [-0.2, 0) is 6.42 Å². The lowest BCUT2D eigenvalue weighted by molar-refractivity contribution is 0.0918. The third-order valence-corrected chi connectivity index (χ3v) is 3.34. The average Bonchev–Trinajstić information content (AvgIpc) is 2.78. The number of rotatable bonds is 4. The number of carbonyl (C=O) groups is 1. The standard InChI is InChI=1S/C14H22N2O2/c1-10(2)8-12-9-13(16-18-12)14(17)15-11-6-4-3-5-7-11/h9-11H,3-8H2,1-2H3,(H,15,17). The molecule has 1 fully saturated rings. The van der Waals surface area contributed by atoms with Gasteiger partial charge in [-0.25, -0.2) is 0 Å². The van der Waals surface area contributed by atoms with Crippen LogP contribution in [0.3, 0.4) is 0 Å². The summed E-state index contributed by atoms with van der Waals surface area (Å²) in [6.45, 7) is 4.23. The first kappa shape index (κ1) is 13.1. The van der Waals surface area contributed by atoms with Crippen molar-refractivity contribution in [1.82, 2.24) is 10.5 Å². The van der Waals surface area contributed by atoms with Crippen LogP contribution in [0.2, 0.25) is 0 Å². The fourth-order valence-electron chi connectivity index (χ4n) is 2.42. The average molecular weight is 250 g/mol. The molecule has 1 aromatic heterocycles. The zero-order chi connectivity index (χ0) is 13.0. The third kappa shape index (κ3) is 3.59. The molecule has 0 aliphatic heterocycles. The smallest absolute Gasteiger partial charge is 0.273 e. The SMILES string of the molecule is CC(C)Cc1cc(C(=O)NC2CCCCC2)no1. The van der Waals surface area contributed by atoms with Gasteiger partial charge in [-0.3, -0.25) is 4.79 Å². The summed E-state index contributed by atoms with van der Waals surface area (Å²) in [6, 6.07) is 2.08. The molecule has 0 atom stereocenters. The largest absolute Gasteiger partial charge is 0.361 e. The highest BCUT2D eigenvalue weighted by atomic mass is 16.5. The zero-order valence-electron chi connectivity index (χ0n) is 11.2. The van der Waals surface area contributed by atoms with Gasteiger partial charge in [-0.2, -0.15) is 0 Å². The van der Waals surface area contributed by atoms with Gasteiger partial charge in [0.1, 0.15) is 5.76 Å². The van der Waals surface area contributed by atoms with Crippen LogP contribution in [0.25, 0.3) is 0 Å². The summed E-state index contributed by atoms with van der Waals surface area (Å²) in [5.74, 6) is 1.20. The summed E-state index contributed by atoms with van der Waals surface area (Å²) in [5.41, 5.74) is 0.413. The van der Waals surface area contributed by atoms with Crippen molar-refractivity contribution >= 4 is 5.91 Å². The fraction of sp³-hybridized carbons (Fsp3) is 0.714. The quantitative estimate of drug-likeness (QED) is 0.893. The fourth-order valence-corrected chi connectivity index (χ4v) is 2.42. The Morgan fingerprint density at radius 2 is 2.17 bits per heavy atom. The van der Waals surface area contributed by atoms with Gasteiger partial charge in [0.25, 0.3) is 5.91 Å². The highest BCUT2D eigenvalue weighted by Crippen LogP contribution is 2.18. The first-order valence-electron chi connectivity index (χ1n) is 6.91. The summed E-state index contributed by atoms with van der Waals surface area (Å²) < 4.78 is 5.17. The predicted molar refractivity (Wildman–Crippen MR) is 69.4 cm³/mol. The number of hydrogen-bond donors (Lipinski definition) is 1. The van der Waals surface area contributed by atoms with E-state index in [0.29, 0.717) is 17.7 Å². The molecule has 4 nitrogen and oxygen atoms in total. The number of amides is 1. The molecule has 0 bridgehead atoms. The van der Waals surface area contributed by atoms with Crippen molar-refractivity contribution in [3.05, 3.63) is 17.5 Å². The maximum absolute atomic E-state index is 12.0. The second kappa shape index (κ2) is 6.03. The number of hydrogen-bond acceptors (Lipinski definition) is 3. The molecule has 1 aliphatic rings. The normalized spacial score (nSPS) is 17.1. The third-order valence-electron chi connectivity index (χ3n) is 3.34. The molecule has 0 aromatic carbocycles. The monoisotopic (exact) mass is 250 g/mol. The Kier molecular flexibility index (Phi) is 4.39. The second-order valence-corrected chi connectivity index (χ2v) is 5.58. The first-order valence-corrected chi connectivity index (χ1v) is 6.91. The molecule has 18 heavy (non-hydrogen) atoms. The van der Waals surface area contributed by atoms with Gasteiger partial charge in [0.2, 0.25) is 0 Å². The lowest BCUT2D eigenvalue weighted by atomic mass is 9.95. The number of nitrogens with zero attached hydrogens (tertiary/aromatic N) is 1. The van der Waals surface area contributed by atoms with Crippen LogP contribution in [-0.4, -0.2) is 17.1 Å². The molecule has 1 N–H and O–H groups in total. The molecule has 0 saturated heterocycles. The van der Waals surface area contributed by atoms with E-state index in [1.807, 2.05) is 0 Å². The molecular weight excluding hydrogens is 228 g/mol. The van der Waals surface area contributed by atoms with Crippen LogP contribution in [0.15, 0.2) is 10.6 Å².